The van der Waals surface area contributed by atoms with Crippen LogP contribution in [-0.4, -0.2) is 0 Å². The summed E-state index contributed by atoms with van der Waals surface area (Å²) < 4.78 is 0. The molecule has 0 spiro atoms. The molecule has 0 atom stereocenters. The lowest BCUT2D eigenvalue weighted by Crippen LogP contribution is -1.76. The van der Waals surface area contributed by atoms with Gasteiger partial charge in [0.25, 0.3) is 0 Å². The van der Waals surface area contributed by atoms with Crippen molar-refractivity contribution in [2.45, 2.75) is 65.2 Å². The van der Waals surface area contributed by atoms with Crippen molar-refractivity contribution in [2.24, 2.45) is 0 Å². The van der Waals surface area contributed by atoms with Crippen molar-refractivity contribution < 1.29 is 0 Å². The van der Waals surface area contributed by atoms with Crippen LogP contribution in [0.3, 0.4) is 0 Å². The molecule has 0 bridgehead atoms. The van der Waals surface area contributed by atoms with Crippen molar-refractivity contribution in [1.29, 1.82) is 0 Å². The topological polar surface area (TPSA) is 0 Å². The molecule has 0 rings (SSSR count). The van der Waals surface area contributed by atoms with Gasteiger partial charge in [0.05, 0.1) is 0 Å². The first-order valence-electron chi connectivity index (χ1n) is 8.21. The summed E-state index contributed by atoms with van der Waals surface area (Å²) in [5, 5.41) is 0. The standard InChI is InChI=1S/C20H32/c1-3-5-7-9-11-13-15-17-19-20-18-16-14-12-10-8-6-4-2/h5-9,11,13,15,17,19H,3-4,10,12,14,16,18,20H2,1-2H3/b7-5+,8-6+,11-9+,15-13+,19-17+. The molecule has 0 aromatic heterocycles. The molecule has 0 saturated heterocycles. The van der Waals surface area contributed by atoms with E-state index in [1.54, 1.807) is 0 Å². The van der Waals surface area contributed by atoms with Gasteiger partial charge in [-0.2, -0.15) is 0 Å². The summed E-state index contributed by atoms with van der Waals surface area (Å²) in [5.74, 6) is 0. The minimum Gasteiger partial charge on any atom is -0.0888 e. The Morgan fingerprint density at radius 1 is 0.450 bits per heavy atom. The Kier molecular flexibility index (Phi) is 16.5. The third-order valence-electron chi connectivity index (χ3n) is 2.96. The monoisotopic (exact) mass is 272 g/mol. The lowest BCUT2D eigenvalue weighted by molar-refractivity contribution is 0.652. The first kappa shape index (κ1) is 18.7. The molecule has 0 aliphatic heterocycles. The van der Waals surface area contributed by atoms with Gasteiger partial charge in [-0.25, -0.2) is 0 Å². The normalized spacial score (nSPS) is 13.1. The molecular formula is C20H32. The molecule has 0 radical (unpaired) electrons. The van der Waals surface area contributed by atoms with Crippen LogP contribution in [0.1, 0.15) is 65.2 Å². The summed E-state index contributed by atoms with van der Waals surface area (Å²) in [6, 6.07) is 0. The van der Waals surface area contributed by atoms with Crippen LogP contribution in [0.4, 0.5) is 0 Å². The second-order valence-corrected chi connectivity index (χ2v) is 4.91. The van der Waals surface area contributed by atoms with Gasteiger partial charge in [-0.15, -0.1) is 0 Å². The summed E-state index contributed by atoms with van der Waals surface area (Å²) in [4.78, 5) is 0. The number of unbranched alkanes of at least 4 members (excludes halogenated alkanes) is 5. The fraction of sp³-hybridized carbons (Fsp3) is 0.500. The van der Waals surface area contributed by atoms with E-state index in [1.165, 1.54) is 44.9 Å². The van der Waals surface area contributed by atoms with Crippen LogP contribution in [0.25, 0.3) is 0 Å². The van der Waals surface area contributed by atoms with Crippen LogP contribution in [0.5, 0.6) is 0 Å². The van der Waals surface area contributed by atoms with Crippen LogP contribution in [0.15, 0.2) is 60.8 Å². The highest BCUT2D eigenvalue weighted by Crippen LogP contribution is 2.06. The Bertz CT molecular complexity index is 313. The lowest BCUT2D eigenvalue weighted by atomic mass is 10.1. The van der Waals surface area contributed by atoms with Crippen LogP contribution >= 0.6 is 0 Å². The minimum atomic E-state index is 1.10. The highest BCUT2D eigenvalue weighted by atomic mass is 13.9. The lowest BCUT2D eigenvalue weighted by Gasteiger charge is -1.96. The summed E-state index contributed by atoms with van der Waals surface area (Å²) in [6.45, 7) is 4.33. The molecule has 112 valence electrons. The van der Waals surface area contributed by atoms with Crippen molar-refractivity contribution in [2.75, 3.05) is 0 Å². The highest BCUT2D eigenvalue weighted by Gasteiger charge is 1.86. The quantitative estimate of drug-likeness (QED) is 0.205. The molecule has 0 aliphatic rings. The van der Waals surface area contributed by atoms with Crippen LogP contribution in [0, 0.1) is 0 Å². The number of allylic oxidation sites excluding steroid dienone is 10. The van der Waals surface area contributed by atoms with Gasteiger partial charge in [0.1, 0.15) is 0 Å². The van der Waals surface area contributed by atoms with Crippen LogP contribution in [-0.2, 0) is 0 Å². The van der Waals surface area contributed by atoms with Crippen LogP contribution < -0.4 is 0 Å². The van der Waals surface area contributed by atoms with Gasteiger partial charge in [-0.3, -0.25) is 0 Å². The molecule has 0 saturated carbocycles. The van der Waals surface area contributed by atoms with Gasteiger partial charge in [0, 0.05) is 0 Å². The third kappa shape index (κ3) is 16.7. The summed E-state index contributed by atoms with van der Waals surface area (Å²) >= 11 is 0. The van der Waals surface area contributed by atoms with E-state index in [2.05, 4.69) is 74.6 Å². The molecule has 0 nitrogen and oxygen atoms in total. The first-order valence-corrected chi connectivity index (χ1v) is 8.21. The van der Waals surface area contributed by atoms with Gasteiger partial charge in [-0.05, 0) is 38.5 Å². The second kappa shape index (κ2) is 17.7. The zero-order valence-corrected chi connectivity index (χ0v) is 13.4. The molecule has 0 aromatic carbocycles. The Balaban J connectivity index is 3.35. The Labute approximate surface area is 126 Å². The predicted molar refractivity (Wildman–Crippen MR) is 94.0 cm³/mol. The molecule has 0 heteroatoms. The van der Waals surface area contributed by atoms with E-state index in [0.717, 1.165) is 6.42 Å². The van der Waals surface area contributed by atoms with Crippen molar-refractivity contribution >= 4 is 0 Å². The molecule has 0 amide bonds. The molecule has 0 heterocycles. The number of hydrogen-bond donors (Lipinski definition) is 0. The van der Waals surface area contributed by atoms with Gasteiger partial charge in [0.15, 0.2) is 0 Å². The number of rotatable bonds is 12. The Hall–Kier alpha value is -1.30. The van der Waals surface area contributed by atoms with Gasteiger partial charge in [0.2, 0.25) is 0 Å². The minimum absolute atomic E-state index is 1.10. The van der Waals surface area contributed by atoms with E-state index in [0.29, 0.717) is 0 Å². The highest BCUT2D eigenvalue weighted by molar-refractivity contribution is 5.15. The van der Waals surface area contributed by atoms with Crippen molar-refractivity contribution in [3.05, 3.63) is 60.8 Å². The van der Waals surface area contributed by atoms with E-state index in [4.69, 9.17) is 0 Å². The maximum absolute atomic E-state index is 2.31. The third-order valence-corrected chi connectivity index (χ3v) is 2.96. The van der Waals surface area contributed by atoms with Crippen molar-refractivity contribution in [1.82, 2.24) is 0 Å². The first-order chi connectivity index (χ1) is 9.91. The second-order valence-electron chi connectivity index (χ2n) is 4.91. The van der Waals surface area contributed by atoms with Crippen LogP contribution in [0.2, 0.25) is 0 Å². The molecule has 0 aliphatic carbocycles. The smallest absolute Gasteiger partial charge is 0.0348 e. The molecule has 0 unspecified atom stereocenters. The SMILES string of the molecule is CC/C=C/C=C/C=C/C=C/CCCCCC/C=C/CC. The van der Waals surface area contributed by atoms with E-state index < -0.39 is 0 Å². The van der Waals surface area contributed by atoms with Gasteiger partial charge < -0.3 is 0 Å². The largest absolute Gasteiger partial charge is 0.0888 e. The molecular weight excluding hydrogens is 240 g/mol. The van der Waals surface area contributed by atoms with Gasteiger partial charge in [-0.1, -0.05) is 87.4 Å². The Morgan fingerprint density at radius 3 is 1.55 bits per heavy atom. The van der Waals surface area contributed by atoms with E-state index in [-0.39, 0.29) is 0 Å². The van der Waals surface area contributed by atoms with Crippen molar-refractivity contribution in [3.63, 3.8) is 0 Å². The summed E-state index contributed by atoms with van der Waals surface area (Å²) in [5.41, 5.74) is 0. The van der Waals surface area contributed by atoms with Gasteiger partial charge >= 0.3 is 0 Å². The maximum atomic E-state index is 2.31. The summed E-state index contributed by atoms with van der Waals surface area (Å²) in [7, 11) is 0. The fourth-order valence-corrected chi connectivity index (χ4v) is 1.81. The van der Waals surface area contributed by atoms with E-state index in [1.807, 2.05) is 0 Å². The average Bonchev–Trinajstić information content (AvgIpc) is 2.47. The summed E-state index contributed by atoms with van der Waals surface area (Å²) in [6.07, 6.45) is 31.7. The maximum Gasteiger partial charge on any atom is -0.0348 e. The fourth-order valence-electron chi connectivity index (χ4n) is 1.81. The molecule has 0 fully saturated rings. The zero-order chi connectivity index (χ0) is 14.7. The number of hydrogen-bond acceptors (Lipinski definition) is 0. The molecule has 0 aromatic rings. The van der Waals surface area contributed by atoms with E-state index in [9.17, 15) is 0 Å². The predicted octanol–water partition coefficient (Wildman–Crippen LogP) is 6.93. The average molecular weight is 272 g/mol. The molecule has 0 N–H and O–H groups in total. The van der Waals surface area contributed by atoms with E-state index >= 15 is 0 Å². The zero-order valence-electron chi connectivity index (χ0n) is 13.4. The van der Waals surface area contributed by atoms with Crippen molar-refractivity contribution in [3.8, 4) is 0 Å². The Morgan fingerprint density at radius 2 is 0.950 bits per heavy atom. The molecule has 20 heavy (non-hydrogen) atoms.